The topological polar surface area (TPSA) is 3.24 Å². The van der Waals surface area contributed by atoms with Gasteiger partial charge in [-0.1, -0.05) is 30.7 Å². The fourth-order valence-electron chi connectivity index (χ4n) is 4.32. The zero-order valence-electron chi connectivity index (χ0n) is 12.1. The molecule has 1 aromatic carbocycles. The summed E-state index contributed by atoms with van der Waals surface area (Å²) in [6, 6.07) is 9.18. The second kappa shape index (κ2) is 6.28. The van der Waals surface area contributed by atoms with Crippen molar-refractivity contribution < 1.29 is 0 Å². The lowest BCUT2D eigenvalue weighted by atomic mass is 9.63. The zero-order chi connectivity index (χ0) is 12.5. The lowest BCUT2D eigenvalue weighted by Crippen LogP contribution is -2.36. The van der Waals surface area contributed by atoms with Crippen LogP contribution >= 0.6 is 12.4 Å². The monoisotopic (exact) mass is 279 g/mol. The van der Waals surface area contributed by atoms with E-state index in [4.69, 9.17) is 0 Å². The molecule has 3 rings (SSSR count). The number of fused-ring (bicyclic) bond motifs is 3. The first-order valence-electron chi connectivity index (χ1n) is 7.48. The maximum absolute atomic E-state index is 2.39. The Labute approximate surface area is 123 Å². The number of benzene rings is 1. The molecule has 0 N–H and O–H groups in total. The molecule has 2 heteroatoms. The highest BCUT2D eigenvalue weighted by atomic mass is 35.5. The van der Waals surface area contributed by atoms with Crippen LogP contribution in [0.3, 0.4) is 0 Å². The average molecular weight is 280 g/mol. The quantitative estimate of drug-likeness (QED) is 0.787. The summed E-state index contributed by atoms with van der Waals surface area (Å²) in [4.78, 5) is 2.38. The van der Waals surface area contributed by atoms with Gasteiger partial charge >= 0.3 is 0 Å². The minimum atomic E-state index is 0. The highest BCUT2D eigenvalue weighted by Gasteiger charge is 2.37. The summed E-state index contributed by atoms with van der Waals surface area (Å²) < 4.78 is 0. The second-order valence-electron chi connectivity index (χ2n) is 6.46. The van der Waals surface area contributed by atoms with Gasteiger partial charge in [0.25, 0.3) is 0 Å². The van der Waals surface area contributed by atoms with Gasteiger partial charge in [-0.2, -0.15) is 0 Å². The molecule has 1 saturated carbocycles. The molecule has 3 unspecified atom stereocenters. The summed E-state index contributed by atoms with van der Waals surface area (Å²) in [6.45, 7) is 1.28. The second-order valence-corrected chi connectivity index (χ2v) is 6.46. The molecule has 0 radical (unpaired) electrons. The molecule has 2 aliphatic carbocycles. The number of aryl methyl sites for hydroxylation is 1. The molecule has 0 bridgehead atoms. The van der Waals surface area contributed by atoms with E-state index in [2.05, 4.69) is 43.3 Å². The summed E-state index contributed by atoms with van der Waals surface area (Å²) >= 11 is 0. The Kier molecular flexibility index (Phi) is 4.92. The van der Waals surface area contributed by atoms with Crippen molar-refractivity contribution in [3.8, 4) is 0 Å². The maximum atomic E-state index is 2.39. The van der Waals surface area contributed by atoms with Crippen LogP contribution in [0.5, 0.6) is 0 Å². The number of rotatable bonds is 2. The van der Waals surface area contributed by atoms with Crippen molar-refractivity contribution in [2.24, 2.45) is 11.8 Å². The zero-order valence-corrected chi connectivity index (χ0v) is 13.0. The summed E-state index contributed by atoms with van der Waals surface area (Å²) in [6.07, 6.45) is 7.02. The summed E-state index contributed by atoms with van der Waals surface area (Å²) in [5.74, 6) is 2.72. The van der Waals surface area contributed by atoms with Crippen molar-refractivity contribution in [1.29, 1.82) is 0 Å². The van der Waals surface area contributed by atoms with E-state index >= 15 is 0 Å². The van der Waals surface area contributed by atoms with Gasteiger partial charge in [0.2, 0.25) is 0 Å². The fourth-order valence-corrected chi connectivity index (χ4v) is 4.32. The number of hydrogen-bond donors (Lipinski definition) is 0. The molecule has 2 aliphatic rings. The molecule has 0 saturated heterocycles. The van der Waals surface area contributed by atoms with Crippen LogP contribution in [0.25, 0.3) is 0 Å². The van der Waals surface area contributed by atoms with Crippen LogP contribution in [0.1, 0.15) is 42.7 Å². The van der Waals surface area contributed by atoms with Gasteiger partial charge in [0.15, 0.2) is 0 Å². The smallest absolute Gasteiger partial charge is 0.000643 e. The van der Waals surface area contributed by atoms with Crippen LogP contribution < -0.4 is 0 Å². The van der Waals surface area contributed by atoms with Gasteiger partial charge in [-0.15, -0.1) is 12.4 Å². The Morgan fingerprint density at radius 1 is 1.11 bits per heavy atom. The molecule has 0 heterocycles. The minimum absolute atomic E-state index is 0. The highest BCUT2D eigenvalue weighted by Crippen LogP contribution is 2.47. The summed E-state index contributed by atoms with van der Waals surface area (Å²) in [5.41, 5.74) is 3.31. The molecule has 1 fully saturated rings. The Hall–Kier alpha value is -0.530. The van der Waals surface area contributed by atoms with Crippen molar-refractivity contribution in [2.75, 3.05) is 20.6 Å². The van der Waals surface area contributed by atoms with Gasteiger partial charge < -0.3 is 4.90 Å². The molecule has 1 nitrogen and oxygen atoms in total. The van der Waals surface area contributed by atoms with Gasteiger partial charge in [-0.25, -0.2) is 0 Å². The third kappa shape index (κ3) is 2.98. The summed E-state index contributed by atoms with van der Waals surface area (Å²) in [5, 5.41) is 0. The van der Waals surface area contributed by atoms with Crippen molar-refractivity contribution in [2.45, 2.75) is 38.0 Å². The van der Waals surface area contributed by atoms with Crippen molar-refractivity contribution in [1.82, 2.24) is 4.90 Å². The standard InChI is InChI=1S/C17H25N.ClH/c1-18(2)12-14-7-5-9-17-15-8-4-3-6-13(15)10-11-16(14)17;/h3-4,6,8,14,16-17H,5,7,9-12H2,1-2H3;1H. The van der Waals surface area contributed by atoms with Gasteiger partial charge in [0, 0.05) is 6.54 Å². The van der Waals surface area contributed by atoms with Crippen LogP contribution in [-0.2, 0) is 6.42 Å². The lowest BCUT2D eigenvalue weighted by Gasteiger charge is -2.43. The summed E-state index contributed by atoms with van der Waals surface area (Å²) in [7, 11) is 4.45. The number of halogens is 1. The first-order chi connectivity index (χ1) is 8.75. The SMILES string of the molecule is CN(C)CC1CCCC2c3ccccc3CCC12.Cl. The predicted molar refractivity (Wildman–Crippen MR) is 84.1 cm³/mol. The Morgan fingerprint density at radius 2 is 1.89 bits per heavy atom. The third-order valence-corrected chi connectivity index (χ3v) is 5.01. The van der Waals surface area contributed by atoms with Crippen molar-refractivity contribution >= 4 is 12.4 Å². The van der Waals surface area contributed by atoms with Crippen molar-refractivity contribution in [3.63, 3.8) is 0 Å². The van der Waals surface area contributed by atoms with E-state index in [1.54, 1.807) is 11.1 Å². The van der Waals surface area contributed by atoms with E-state index in [1.165, 1.54) is 38.6 Å². The van der Waals surface area contributed by atoms with E-state index in [-0.39, 0.29) is 12.4 Å². The maximum Gasteiger partial charge on any atom is 0.000643 e. The van der Waals surface area contributed by atoms with E-state index in [0.717, 1.165) is 17.8 Å². The minimum Gasteiger partial charge on any atom is -0.309 e. The molecule has 0 aliphatic heterocycles. The van der Waals surface area contributed by atoms with E-state index in [1.807, 2.05) is 0 Å². The number of nitrogens with zero attached hydrogens (tertiary/aromatic N) is 1. The van der Waals surface area contributed by atoms with Crippen LogP contribution in [0.2, 0.25) is 0 Å². The van der Waals surface area contributed by atoms with Gasteiger partial charge in [0.05, 0.1) is 0 Å². The highest BCUT2D eigenvalue weighted by molar-refractivity contribution is 5.85. The Balaban J connectivity index is 0.00000133. The molecule has 106 valence electrons. The number of hydrogen-bond acceptors (Lipinski definition) is 1. The normalized spacial score (nSPS) is 29.3. The molecule has 3 atom stereocenters. The molecule has 1 aromatic rings. The molecule has 19 heavy (non-hydrogen) atoms. The van der Waals surface area contributed by atoms with E-state index in [0.29, 0.717) is 0 Å². The van der Waals surface area contributed by atoms with E-state index in [9.17, 15) is 0 Å². The average Bonchev–Trinajstić information content (AvgIpc) is 2.38. The van der Waals surface area contributed by atoms with Crippen LogP contribution in [0.4, 0.5) is 0 Å². The van der Waals surface area contributed by atoms with Crippen LogP contribution in [0.15, 0.2) is 24.3 Å². The van der Waals surface area contributed by atoms with Crippen molar-refractivity contribution in [3.05, 3.63) is 35.4 Å². The van der Waals surface area contributed by atoms with Crippen LogP contribution in [0, 0.1) is 11.8 Å². The van der Waals surface area contributed by atoms with Gasteiger partial charge in [0.1, 0.15) is 0 Å². The van der Waals surface area contributed by atoms with Crippen LogP contribution in [-0.4, -0.2) is 25.5 Å². The molecule has 0 spiro atoms. The fraction of sp³-hybridized carbons (Fsp3) is 0.647. The van der Waals surface area contributed by atoms with Gasteiger partial charge in [-0.3, -0.25) is 0 Å². The molecular weight excluding hydrogens is 254 g/mol. The molecule has 0 amide bonds. The third-order valence-electron chi connectivity index (χ3n) is 5.01. The van der Waals surface area contributed by atoms with E-state index < -0.39 is 0 Å². The van der Waals surface area contributed by atoms with Gasteiger partial charge in [-0.05, 0) is 68.7 Å². The first-order valence-corrected chi connectivity index (χ1v) is 7.48. The predicted octanol–water partition coefficient (Wildman–Crippen LogP) is 4.12. The molecule has 0 aromatic heterocycles. The largest absolute Gasteiger partial charge is 0.309 e. The lowest BCUT2D eigenvalue weighted by molar-refractivity contribution is 0.146. The first kappa shape index (κ1) is 14.9. The Bertz CT molecular complexity index is 415. The Morgan fingerprint density at radius 3 is 2.68 bits per heavy atom. The molecular formula is C17H26ClN.